The summed E-state index contributed by atoms with van der Waals surface area (Å²) in [5.41, 5.74) is 3.86. The number of nitrogen functional groups attached to an aromatic ring is 1. The Morgan fingerprint density at radius 3 is 2.95 bits per heavy atom. The van der Waals surface area contributed by atoms with Crippen LogP contribution in [0.3, 0.4) is 0 Å². The standard InChI is InChI=1S/C16H26N4O/c1-11-4-3-5-13(8-11)6-7-18-16(21)14-9-12(2)19-15(10-14)20-17/h9-11,13H,3-8,17H2,1-2H3,(H,18,21)(H,19,20). The zero-order valence-corrected chi connectivity index (χ0v) is 13.0. The Bertz CT molecular complexity index is 489. The SMILES string of the molecule is Cc1cc(C(=O)NCCC2CCCC(C)C2)cc(NN)n1. The molecule has 1 amide bonds. The molecule has 5 heteroatoms. The van der Waals surface area contributed by atoms with Crippen molar-refractivity contribution >= 4 is 11.7 Å². The van der Waals surface area contributed by atoms with Gasteiger partial charge in [0.2, 0.25) is 0 Å². The molecule has 2 rings (SSSR count). The van der Waals surface area contributed by atoms with Crippen molar-refractivity contribution in [3.63, 3.8) is 0 Å². The van der Waals surface area contributed by atoms with Crippen molar-refractivity contribution in [1.82, 2.24) is 10.3 Å². The van der Waals surface area contributed by atoms with Crippen molar-refractivity contribution in [3.05, 3.63) is 23.4 Å². The number of aryl methyl sites for hydroxylation is 1. The lowest BCUT2D eigenvalue weighted by Crippen LogP contribution is -2.27. The summed E-state index contributed by atoms with van der Waals surface area (Å²) in [6.45, 7) is 4.91. The summed E-state index contributed by atoms with van der Waals surface area (Å²) in [6, 6.07) is 3.45. The van der Waals surface area contributed by atoms with Gasteiger partial charge in [-0.2, -0.15) is 0 Å². The summed E-state index contributed by atoms with van der Waals surface area (Å²) in [5, 5.41) is 3.00. The molecule has 0 radical (unpaired) electrons. The molecule has 21 heavy (non-hydrogen) atoms. The van der Waals surface area contributed by atoms with Crippen molar-refractivity contribution < 1.29 is 4.79 Å². The molecule has 0 saturated heterocycles. The highest BCUT2D eigenvalue weighted by Gasteiger charge is 2.18. The Kier molecular flexibility index (Phi) is 5.56. The number of hydrogen-bond donors (Lipinski definition) is 3. The van der Waals surface area contributed by atoms with E-state index in [9.17, 15) is 4.79 Å². The summed E-state index contributed by atoms with van der Waals surface area (Å²) in [4.78, 5) is 16.3. The predicted octanol–water partition coefficient (Wildman–Crippen LogP) is 2.62. The maximum Gasteiger partial charge on any atom is 0.251 e. The third kappa shape index (κ3) is 4.70. The lowest BCUT2D eigenvalue weighted by Gasteiger charge is -2.26. The molecule has 5 nitrogen and oxygen atoms in total. The van der Waals surface area contributed by atoms with Gasteiger partial charge in [-0.15, -0.1) is 0 Å². The number of pyridine rings is 1. The molecule has 0 bridgehead atoms. The molecule has 1 aliphatic rings. The number of carbonyl (C=O) groups excluding carboxylic acids is 1. The first-order chi connectivity index (χ1) is 10.1. The van der Waals surface area contributed by atoms with Crippen molar-refractivity contribution in [2.75, 3.05) is 12.0 Å². The van der Waals surface area contributed by atoms with Crippen molar-refractivity contribution in [2.45, 2.75) is 46.0 Å². The van der Waals surface area contributed by atoms with Crippen LogP contribution in [0.4, 0.5) is 5.82 Å². The molecule has 2 unspecified atom stereocenters. The number of rotatable bonds is 5. The average molecular weight is 290 g/mol. The summed E-state index contributed by atoms with van der Waals surface area (Å²) in [5.74, 6) is 7.41. The molecule has 4 N–H and O–H groups in total. The van der Waals surface area contributed by atoms with E-state index < -0.39 is 0 Å². The summed E-state index contributed by atoms with van der Waals surface area (Å²) in [6.07, 6.45) is 6.35. The van der Waals surface area contributed by atoms with Gasteiger partial charge in [-0.05, 0) is 43.7 Å². The smallest absolute Gasteiger partial charge is 0.251 e. The van der Waals surface area contributed by atoms with E-state index in [0.717, 1.165) is 30.5 Å². The minimum absolute atomic E-state index is 0.0548. The van der Waals surface area contributed by atoms with E-state index in [1.165, 1.54) is 25.7 Å². The maximum atomic E-state index is 12.2. The van der Waals surface area contributed by atoms with Crippen LogP contribution in [-0.2, 0) is 0 Å². The molecule has 1 aromatic rings. The first-order valence-electron chi connectivity index (χ1n) is 7.82. The van der Waals surface area contributed by atoms with Crippen LogP contribution < -0.4 is 16.6 Å². The van der Waals surface area contributed by atoms with Crippen LogP contribution in [0.2, 0.25) is 0 Å². The van der Waals surface area contributed by atoms with E-state index in [0.29, 0.717) is 11.4 Å². The molecular weight excluding hydrogens is 264 g/mol. The fourth-order valence-corrected chi connectivity index (χ4v) is 3.19. The van der Waals surface area contributed by atoms with E-state index in [1.807, 2.05) is 6.92 Å². The van der Waals surface area contributed by atoms with E-state index in [-0.39, 0.29) is 5.91 Å². The van der Waals surface area contributed by atoms with Crippen LogP contribution in [0, 0.1) is 18.8 Å². The normalized spacial score (nSPS) is 21.9. The Hall–Kier alpha value is -1.62. The van der Waals surface area contributed by atoms with Gasteiger partial charge >= 0.3 is 0 Å². The fraction of sp³-hybridized carbons (Fsp3) is 0.625. The zero-order valence-electron chi connectivity index (χ0n) is 13.0. The minimum atomic E-state index is -0.0548. The zero-order chi connectivity index (χ0) is 15.2. The molecule has 1 aliphatic carbocycles. The van der Waals surface area contributed by atoms with E-state index >= 15 is 0 Å². The average Bonchev–Trinajstić information content (AvgIpc) is 2.46. The topological polar surface area (TPSA) is 80.0 Å². The first-order valence-corrected chi connectivity index (χ1v) is 7.82. The highest BCUT2D eigenvalue weighted by atomic mass is 16.1. The van der Waals surface area contributed by atoms with Crippen LogP contribution in [0.1, 0.15) is 55.1 Å². The first kappa shape index (κ1) is 15.8. The second-order valence-electron chi connectivity index (χ2n) is 6.21. The van der Waals surface area contributed by atoms with Gasteiger partial charge in [0.25, 0.3) is 5.91 Å². The maximum absolute atomic E-state index is 12.2. The molecule has 0 aliphatic heterocycles. The van der Waals surface area contributed by atoms with Crippen LogP contribution in [0.5, 0.6) is 0 Å². The van der Waals surface area contributed by atoms with E-state index in [2.05, 4.69) is 22.7 Å². The molecule has 116 valence electrons. The Labute approximate surface area is 126 Å². The van der Waals surface area contributed by atoms with Crippen LogP contribution in [0.25, 0.3) is 0 Å². The third-order valence-corrected chi connectivity index (χ3v) is 4.25. The minimum Gasteiger partial charge on any atom is -0.352 e. The molecule has 1 aromatic heterocycles. The van der Waals surface area contributed by atoms with Crippen molar-refractivity contribution in [2.24, 2.45) is 17.7 Å². The van der Waals surface area contributed by atoms with Crippen LogP contribution in [0.15, 0.2) is 12.1 Å². The number of nitrogens with zero attached hydrogens (tertiary/aromatic N) is 1. The Morgan fingerprint density at radius 1 is 1.43 bits per heavy atom. The van der Waals surface area contributed by atoms with Gasteiger partial charge in [-0.25, -0.2) is 10.8 Å². The molecule has 0 spiro atoms. The number of hydrogen-bond acceptors (Lipinski definition) is 4. The molecule has 1 saturated carbocycles. The number of anilines is 1. The van der Waals surface area contributed by atoms with Gasteiger partial charge in [0.05, 0.1) is 0 Å². The van der Waals surface area contributed by atoms with Gasteiger partial charge in [-0.3, -0.25) is 4.79 Å². The summed E-state index contributed by atoms with van der Waals surface area (Å²) < 4.78 is 0. The molecule has 1 fully saturated rings. The Balaban J connectivity index is 1.83. The quantitative estimate of drug-likeness (QED) is 0.575. The second-order valence-corrected chi connectivity index (χ2v) is 6.21. The van der Waals surface area contributed by atoms with Crippen LogP contribution in [-0.4, -0.2) is 17.4 Å². The van der Waals surface area contributed by atoms with Gasteiger partial charge in [-0.1, -0.05) is 26.2 Å². The van der Waals surface area contributed by atoms with E-state index in [4.69, 9.17) is 5.84 Å². The lowest BCUT2D eigenvalue weighted by molar-refractivity contribution is 0.0949. The monoisotopic (exact) mass is 290 g/mol. The highest BCUT2D eigenvalue weighted by molar-refractivity contribution is 5.94. The van der Waals surface area contributed by atoms with Crippen molar-refractivity contribution in [1.29, 1.82) is 0 Å². The van der Waals surface area contributed by atoms with Crippen LogP contribution >= 0.6 is 0 Å². The van der Waals surface area contributed by atoms with Gasteiger partial charge < -0.3 is 10.7 Å². The molecule has 1 heterocycles. The van der Waals surface area contributed by atoms with Gasteiger partial charge in [0.15, 0.2) is 0 Å². The van der Waals surface area contributed by atoms with Crippen molar-refractivity contribution in [3.8, 4) is 0 Å². The molecule has 0 aromatic carbocycles. The van der Waals surface area contributed by atoms with Gasteiger partial charge in [0.1, 0.15) is 5.82 Å². The number of nitrogens with two attached hydrogens (primary N) is 1. The third-order valence-electron chi connectivity index (χ3n) is 4.25. The number of nitrogens with one attached hydrogen (secondary N) is 2. The number of carbonyl (C=O) groups is 1. The van der Waals surface area contributed by atoms with Gasteiger partial charge in [0, 0.05) is 17.8 Å². The predicted molar refractivity (Wildman–Crippen MR) is 84.9 cm³/mol. The highest BCUT2D eigenvalue weighted by Crippen LogP contribution is 2.30. The fourth-order valence-electron chi connectivity index (χ4n) is 3.19. The largest absolute Gasteiger partial charge is 0.352 e. The number of hydrazine groups is 1. The summed E-state index contributed by atoms with van der Waals surface area (Å²) in [7, 11) is 0. The summed E-state index contributed by atoms with van der Waals surface area (Å²) >= 11 is 0. The second kappa shape index (κ2) is 7.41. The Morgan fingerprint density at radius 2 is 2.24 bits per heavy atom. The van der Waals surface area contributed by atoms with E-state index in [1.54, 1.807) is 12.1 Å². The molecule has 2 atom stereocenters. The molecular formula is C16H26N4O. The lowest BCUT2D eigenvalue weighted by atomic mass is 9.81. The number of amides is 1. The number of aromatic nitrogens is 1.